The Labute approximate surface area is 146 Å². The molecule has 1 fully saturated rings. The third kappa shape index (κ3) is 3.05. The molecule has 130 valence electrons. The Morgan fingerprint density at radius 1 is 1.24 bits per heavy atom. The number of carbonyl (C=O) groups is 1. The van der Waals surface area contributed by atoms with Crippen molar-refractivity contribution in [3.8, 4) is 0 Å². The number of amides is 1. The van der Waals surface area contributed by atoms with E-state index in [4.69, 9.17) is 5.11 Å². The molecule has 0 atom stereocenters. The fourth-order valence-corrected chi connectivity index (χ4v) is 3.72. The third-order valence-electron chi connectivity index (χ3n) is 5.06. The normalized spacial score (nSPS) is 15.8. The number of hydrogen-bond donors (Lipinski definition) is 2. The molecule has 6 nitrogen and oxygen atoms in total. The van der Waals surface area contributed by atoms with Crippen LogP contribution in [0.5, 0.6) is 0 Å². The van der Waals surface area contributed by atoms with E-state index in [1.165, 1.54) is 0 Å². The first-order chi connectivity index (χ1) is 12.3. The quantitative estimate of drug-likeness (QED) is 0.767. The number of likely N-dealkylation sites (tertiary alicyclic amines) is 1. The van der Waals surface area contributed by atoms with Gasteiger partial charge in [0.25, 0.3) is 5.91 Å². The predicted octanol–water partition coefficient (Wildman–Crippen LogP) is 2.38. The molecule has 1 aliphatic heterocycles. The van der Waals surface area contributed by atoms with Crippen molar-refractivity contribution in [3.05, 3.63) is 54.0 Å². The van der Waals surface area contributed by atoms with Crippen LogP contribution in [0, 0.1) is 0 Å². The molecule has 0 aliphatic carbocycles. The van der Waals surface area contributed by atoms with Gasteiger partial charge in [-0.15, -0.1) is 0 Å². The number of carbonyl (C=O) groups excluding carboxylic acids is 1. The number of aromatic amines is 1. The first-order valence-corrected chi connectivity index (χ1v) is 8.75. The van der Waals surface area contributed by atoms with E-state index < -0.39 is 0 Å². The molecule has 2 N–H and O–H groups in total. The van der Waals surface area contributed by atoms with Gasteiger partial charge in [0.15, 0.2) is 0 Å². The number of aliphatic hydroxyl groups is 1. The maximum Gasteiger partial charge on any atom is 0.253 e. The molecule has 0 bridgehead atoms. The van der Waals surface area contributed by atoms with Gasteiger partial charge in [0.05, 0.1) is 13.2 Å². The van der Waals surface area contributed by atoms with E-state index in [0.717, 1.165) is 48.1 Å². The number of nitrogens with one attached hydrogen (secondary N) is 1. The maximum atomic E-state index is 12.8. The molecule has 4 rings (SSSR count). The number of hydrogen-bond acceptors (Lipinski definition) is 3. The van der Waals surface area contributed by atoms with Gasteiger partial charge in [-0.2, -0.15) is 5.10 Å². The lowest BCUT2D eigenvalue weighted by molar-refractivity contribution is 0.0711. The van der Waals surface area contributed by atoms with Crippen molar-refractivity contribution in [1.29, 1.82) is 0 Å². The predicted molar refractivity (Wildman–Crippen MR) is 95.5 cm³/mol. The number of rotatable bonds is 4. The summed E-state index contributed by atoms with van der Waals surface area (Å²) in [5.74, 6) is 0.496. The molecule has 0 radical (unpaired) electrons. The molecule has 25 heavy (non-hydrogen) atoms. The summed E-state index contributed by atoms with van der Waals surface area (Å²) >= 11 is 0. The Hall–Kier alpha value is -2.60. The molecular weight excluding hydrogens is 316 g/mol. The van der Waals surface area contributed by atoms with Crippen LogP contribution in [0.3, 0.4) is 0 Å². The van der Waals surface area contributed by atoms with Gasteiger partial charge in [0, 0.05) is 53.6 Å². The van der Waals surface area contributed by atoms with Crippen molar-refractivity contribution in [3.63, 3.8) is 0 Å². The lowest BCUT2D eigenvalue weighted by Gasteiger charge is -2.32. The van der Waals surface area contributed by atoms with Gasteiger partial charge in [-0.3, -0.25) is 9.48 Å². The minimum atomic E-state index is 0.0909. The number of fused-ring (bicyclic) bond motifs is 1. The van der Waals surface area contributed by atoms with Gasteiger partial charge < -0.3 is 15.0 Å². The average Bonchev–Trinajstić information content (AvgIpc) is 3.30. The Morgan fingerprint density at radius 2 is 2.08 bits per heavy atom. The van der Waals surface area contributed by atoms with E-state index in [1.54, 1.807) is 6.20 Å². The highest BCUT2D eigenvalue weighted by molar-refractivity contribution is 5.98. The van der Waals surface area contributed by atoms with Gasteiger partial charge in [0.1, 0.15) is 0 Å². The van der Waals surface area contributed by atoms with Gasteiger partial charge >= 0.3 is 0 Å². The van der Waals surface area contributed by atoms with E-state index in [0.29, 0.717) is 12.5 Å². The van der Waals surface area contributed by atoms with Crippen LogP contribution in [0.4, 0.5) is 0 Å². The SMILES string of the molecule is O=C(c1ccc2[nH]ccc2c1)N1CCC(c2ccnn2CCO)CC1. The molecule has 1 aliphatic rings. The molecule has 3 heterocycles. The molecule has 0 spiro atoms. The largest absolute Gasteiger partial charge is 0.394 e. The Bertz CT molecular complexity index is 874. The van der Waals surface area contributed by atoms with E-state index >= 15 is 0 Å². The number of benzene rings is 1. The topological polar surface area (TPSA) is 74.2 Å². The first kappa shape index (κ1) is 15.9. The Balaban J connectivity index is 1.44. The van der Waals surface area contributed by atoms with Crippen molar-refractivity contribution in [1.82, 2.24) is 19.7 Å². The smallest absolute Gasteiger partial charge is 0.253 e. The molecule has 6 heteroatoms. The van der Waals surface area contributed by atoms with E-state index in [1.807, 2.05) is 46.1 Å². The van der Waals surface area contributed by atoms with Crippen LogP contribution in [-0.4, -0.2) is 50.4 Å². The first-order valence-electron chi connectivity index (χ1n) is 8.75. The summed E-state index contributed by atoms with van der Waals surface area (Å²) in [6.07, 6.45) is 5.53. The van der Waals surface area contributed by atoms with Crippen LogP contribution in [-0.2, 0) is 6.54 Å². The summed E-state index contributed by atoms with van der Waals surface area (Å²) in [7, 11) is 0. The number of H-pyrrole nitrogens is 1. The minimum Gasteiger partial charge on any atom is -0.394 e. The monoisotopic (exact) mass is 338 g/mol. The summed E-state index contributed by atoms with van der Waals surface area (Å²) in [5, 5.41) is 14.5. The fourth-order valence-electron chi connectivity index (χ4n) is 3.72. The standard InChI is InChI=1S/C19H22N4O2/c24-12-11-23-18(4-8-21-23)14-5-9-22(10-6-14)19(25)16-1-2-17-15(13-16)3-7-20-17/h1-4,7-8,13-14,20,24H,5-6,9-12H2. The lowest BCUT2D eigenvalue weighted by atomic mass is 9.93. The molecule has 0 unspecified atom stereocenters. The van der Waals surface area contributed by atoms with Crippen LogP contribution in [0.1, 0.15) is 34.8 Å². The fraction of sp³-hybridized carbons (Fsp3) is 0.368. The van der Waals surface area contributed by atoms with Gasteiger partial charge in [-0.1, -0.05) is 0 Å². The summed E-state index contributed by atoms with van der Waals surface area (Å²) in [6.45, 7) is 2.11. The van der Waals surface area contributed by atoms with Crippen LogP contribution < -0.4 is 0 Å². The lowest BCUT2D eigenvalue weighted by Crippen LogP contribution is -2.38. The van der Waals surface area contributed by atoms with E-state index in [-0.39, 0.29) is 12.5 Å². The molecule has 1 aromatic carbocycles. The minimum absolute atomic E-state index is 0.0909. The summed E-state index contributed by atoms with van der Waals surface area (Å²) in [6, 6.07) is 9.82. The van der Waals surface area contributed by atoms with Gasteiger partial charge in [-0.05, 0) is 43.2 Å². The van der Waals surface area contributed by atoms with Crippen LogP contribution >= 0.6 is 0 Å². The van der Waals surface area contributed by atoms with Crippen LogP contribution in [0.2, 0.25) is 0 Å². The maximum absolute atomic E-state index is 12.8. The zero-order chi connectivity index (χ0) is 17.2. The molecule has 1 saturated heterocycles. The molecule has 0 saturated carbocycles. The molecule has 3 aromatic rings. The second-order valence-corrected chi connectivity index (χ2v) is 6.55. The number of nitrogens with zero attached hydrogens (tertiary/aromatic N) is 3. The third-order valence-corrected chi connectivity index (χ3v) is 5.06. The average molecular weight is 338 g/mol. The van der Waals surface area contributed by atoms with Crippen LogP contribution in [0.25, 0.3) is 10.9 Å². The van der Waals surface area contributed by atoms with Crippen LogP contribution in [0.15, 0.2) is 42.7 Å². The number of aromatic nitrogens is 3. The molecule has 2 aromatic heterocycles. The number of piperidine rings is 1. The zero-order valence-corrected chi connectivity index (χ0v) is 14.1. The van der Waals surface area contributed by atoms with Crippen molar-refractivity contribution in [2.45, 2.75) is 25.3 Å². The van der Waals surface area contributed by atoms with Crippen molar-refractivity contribution in [2.75, 3.05) is 19.7 Å². The highest BCUT2D eigenvalue weighted by atomic mass is 16.3. The molecular formula is C19H22N4O2. The second kappa shape index (κ2) is 6.72. The van der Waals surface area contributed by atoms with Crippen molar-refractivity contribution >= 4 is 16.8 Å². The zero-order valence-electron chi connectivity index (χ0n) is 14.1. The molecule has 1 amide bonds. The van der Waals surface area contributed by atoms with Crippen molar-refractivity contribution < 1.29 is 9.90 Å². The second-order valence-electron chi connectivity index (χ2n) is 6.55. The van der Waals surface area contributed by atoms with Gasteiger partial charge in [-0.25, -0.2) is 0 Å². The highest BCUT2D eigenvalue weighted by Crippen LogP contribution is 2.28. The van der Waals surface area contributed by atoms with E-state index in [2.05, 4.69) is 10.1 Å². The highest BCUT2D eigenvalue weighted by Gasteiger charge is 2.26. The Kier molecular flexibility index (Phi) is 4.28. The summed E-state index contributed by atoms with van der Waals surface area (Å²) in [5.41, 5.74) is 2.96. The number of aliphatic hydroxyl groups excluding tert-OH is 1. The summed E-state index contributed by atoms with van der Waals surface area (Å²) in [4.78, 5) is 17.9. The van der Waals surface area contributed by atoms with E-state index in [9.17, 15) is 4.79 Å². The Morgan fingerprint density at radius 3 is 2.88 bits per heavy atom. The summed E-state index contributed by atoms with van der Waals surface area (Å²) < 4.78 is 1.88. The van der Waals surface area contributed by atoms with Crippen molar-refractivity contribution in [2.24, 2.45) is 0 Å². The van der Waals surface area contributed by atoms with Gasteiger partial charge in [0.2, 0.25) is 0 Å².